The van der Waals surface area contributed by atoms with Crippen LogP contribution in [0.3, 0.4) is 0 Å². The van der Waals surface area contributed by atoms with Gasteiger partial charge in [0, 0.05) is 16.8 Å². The zero-order valence-corrected chi connectivity index (χ0v) is 11.6. The summed E-state index contributed by atoms with van der Waals surface area (Å²) in [7, 11) is 0. The zero-order chi connectivity index (χ0) is 13.9. The predicted octanol–water partition coefficient (Wildman–Crippen LogP) is 4.13. The van der Waals surface area contributed by atoms with Gasteiger partial charge in [0.2, 0.25) is 0 Å². The van der Waals surface area contributed by atoms with Gasteiger partial charge in [-0.05, 0) is 45.0 Å². The van der Waals surface area contributed by atoms with Crippen LogP contribution in [0.15, 0.2) is 60.7 Å². The number of hydrogen-bond acceptors (Lipinski definition) is 1. The summed E-state index contributed by atoms with van der Waals surface area (Å²) in [5.41, 5.74) is 1.36. The monoisotopic (exact) mass is 253 g/mol. The maximum absolute atomic E-state index is 12.7. The summed E-state index contributed by atoms with van der Waals surface area (Å²) in [6, 6.07) is 19.2. The molecular formula is C17H19NO. The van der Waals surface area contributed by atoms with Gasteiger partial charge in [0.1, 0.15) is 0 Å². The summed E-state index contributed by atoms with van der Waals surface area (Å²) in [4.78, 5) is 14.6. The van der Waals surface area contributed by atoms with Crippen molar-refractivity contribution >= 4 is 11.6 Å². The summed E-state index contributed by atoms with van der Waals surface area (Å²) in [5, 5.41) is 0. The molecule has 2 aromatic rings. The van der Waals surface area contributed by atoms with Crippen molar-refractivity contribution in [2.45, 2.75) is 26.3 Å². The molecule has 0 aromatic heterocycles. The molecule has 2 rings (SSSR count). The highest BCUT2D eigenvalue weighted by Gasteiger charge is 2.28. The molecule has 2 aromatic carbocycles. The second-order valence-corrected chi connectivity index (χ2v) is 5.51. The molecule has 19 heavy (non-hydrogen) atoms. The van der Waals surface area contributed by atoms with Crippen molar-refractivity contribution in [3.05, 3.63) is 66.2 Å². The van der Waals surface area contributed by atoms with Gasteiger partial charge in [-0.25, -0.2) is 0 Å². The Morgan fingerprint density at radius 2 is 1.32 bits per heavy atom. The highest BCUT2D eigenvalue weighted by atomic mass is 16.2. The summed E-state index contributed by atoms with van der Waals surface area (Å²) < 4.78 is 0. The van der Waals surface area contributed by atoms with Crippen molar-refractivity contribution in [2.75, 3.05) is 4.90 Å². The first-order chi connectivity index (χ1) is 9.00. The molecule has 0 aliphatic heterocycles. The number of carbonyl (C=O) groups excluding carboxylic acids is 1. The van der Waals surface area contributed by atoms with E-state index in [-0.39, 0.29) is 11.4 Å². The fraction of sp³-hybridized carbons (Fsp3) is 0.235. The van der Waals surface area contributed by atoms with Gasteiger partial charge in [0.05, 0.1) is 0 Å². The number of anilines is 1. The van der Waals surface area contributed by atoms with E-state index in [0.717, 1.165) is 5.69 Å². The lowest BCUT2D eigenvalue weighted by molar-refractivity contribution is 0.0966. The first-order valence-corrected chi connectivity index (χ1v) is 6.45. The van der Waals surface area contributed by atoms with Crippen molar-refractivity contribution in [2.24, 2.45) is 0 Å². The maximum Gasteiger partial charge on any atom is 0.258 e. The maximum atomic E-state index is 12.7. The van der Waals surface area contributed by atoms with Crippen LogP contribution in [0.5, 0.6) is 0 Å². The molecule has 2 heteroatoms. The molecule has 0 atom stereocenters. The molecule has 0 saturated carbocycles. The van der Waals surface area contributed by atoms with Gasteiger partial charge in [-0.3, -0.25) is 4.79 Å². The molecule has 0 bridgehead atoms. The molecule has 0 saturated heterocycles. The van der Waals surface area contributed by atoms with Gasteiger partial charge in [-0.15, -0.1) is 0 Å². The third kappa shape index (κ3) is 3.02. The third-order valence-corrected chi connectivity index (χ3v) is 2.91. The number of carbonyl (C=O) groups is 1. The van der Waals surface area contributed by atoms with E-state index in [0.29, 0.717) is 5.56 Å². The Hall–Kier alpha value is -2.09. The van der Waals surface area contributed by atoms with Crippen LogP contribution in [0.1, 0.15) is 31.1 Å². The Balaban J connectivity index is 2.43. The molecule has 0 heterocycles. The van der Waals surface area contributed by atoms with Crippen LogP contribution < -0.4 is 4.90 Å². The third-order valence-electron chi connectivity index (χ3n) is 2.91. The van der Waals surface area contributed by atoms with Crippen LogP contribution in [0.4, 0.5) is 5.69 Å². The van der Waals surface area contributed by atoms with Crippen LogP contribution >= 0.6 is 0 Å². The largest absolute Gasteiger partial charge is 0.303 e. The number of hydrogen-bond donors (Lipinski definition) is 0. The Kier molecular flexibility index (Phi) is 3.70. The average Bonchev–Trinajstić information content (AvgIpc) is 2.39. The van der Waals surface area contributed by atoms with Crippen LogP contribution in [-0.4, -0.2) is 11.4 Å². The molecule has 0 radical (unpaired) electrons. The zero-order valence-electron chi connectivity index (χ0n) is 11.6. The normalized spacial score (nSPS) is 11.1. The summed E-state index contributed by atoms with van der Waals surface area (Å²) >= 11 is 0. The van der Waals surface area contributed by atoms with E-state index >= 15 is 0 Å². The van der Waals surface area contributed by atoms with Gasteiger partial charge in [-0.2, -0.15) is 0 Å². The standard InChI is InChI=1S/C17H19NO/c1-17(2,3)18(15-12-8-5-9-13-15)16(19)14-10-6-4-7-11-14/h4-13H,1-3H3. The van der Waals surface area contributed by atoms with Gasteiger partial charge in [0.25, 0.3) is 5.91 Å². The van der Waals surface area contributed by atoms with Crippen molar-refractivity contribution in [1.82, 2.24) is 0 Å². The van der Waals surface area contributed by atoms with Crippen LogP contribution in [0.2, 0.25) is 0 Å². The minimum atomic E-state index is -0.270. The lowest BCUT2D eigenvalue weighted by Crippen LogP contribution is -2.46. The van der Waals surface area contributed by atoms with Gasteiger partial charge < -0.3 is 4.90 Å². The second kappa shape index (κ2) is 5.27. The highest BCUT2D eigenvalue weighted by molar-refractivity contribution is 6.06. The number of nitrogens with zero attached hydrogens (tertiary/aromatic N) is 1. The molecule has 0 spiro atoms. The topological polar surface area (TPSA) is 20.3 Å². The summed E-state index contributed by atoms with van der Waals surface area (Å²) in [6.45, 7) is 6.13. The van der Waals surface area contributed by atoms with Crippen molar-refractivity contribution < 1.29 is 4.79 Å². The summed E-state index contributed by atoms with van der Waals surface area (Å²) in [6.07, 6.45) is 0. The average molecular weight is 253 g/mol. The first kappa shape index (κ1) is 13.3. The fourth-order valence-electron chi connectivity index (χ4n) is 2.10. The molecule has 0 aliphatic carbocycles. The van der Waals surface area contributed by atoms with Crippen LogP contribution in [-0.2, 0) is 0 Å². The molecular weight excluding hydrogens is 234 g/mol. The molecule has 0 unspecified atom stereocenters. The van der Waals surface area contributed by atoms with Crippen LogP contribution in [0.25, 0.3) is 0 Å². The summed E-state index contributed by atoms with van der Waals surface area (Å²) in [5.74, 6) is 0.0271. The Morgan fingerprint density at radius 3 is 1.79 bits per heavy atom. The second-order valence-electron chi connectivity index (χ2n) is 5.51. The molecule has 0 N–H and O–H groups in total. The van der Waals surface area contributed by atoms with E-state index in [1.807, 2.05) is 86.3 Å². The molecule has 0 aliphatic rings. The highest BCUT2D eigenvalue weighted by Crippen LogP contribution is 2.25. The van der Waals surface area contributed by atoms with E-state index in [1.165, 1.54) is 0 Å². The quantitative estimate of drug-likeness (QED) is 0.788. The molecule has 1 amide bonds. The van der Waals surface area contributed by atoms with Crippen LogP contribution in [0, 0.1) is 0 Å². The first-order valence-electron chi connectivity index (χ1n) is 6.45. The van der Waals surface area contributed by atoms with E-state index in [1.54, 1.807) is 0 Å². The van der Waals surface area contributed by atoms with Crippen molar-refractivity contribution in [1.29, 1.82) is 0 Å². The molecule has 0 fully saturated rings. The Labute approximate surface area is 114 Å². The minimum Gasteiger partial charge on any atom is -0.303 e. The fourth-order valence-corrected chi connectivity index (χ4v) is 2.10. The van der Waals surface area contributed by atoms with Gasteiger partial charge >= 0.3 is 0 Å². The van der Waals surface area contributed by atoms with E-state index in [9.17, 15) is 4.79 Å². The number of amides is 1. The van der Waals surface area contributed by atoms with E-state index in [4.69, 9.17) is 0 Å². The molecule has 98 valence electrons. The Bertz CT molecular complexity index is 540. The van der Waals surface area contributed by atoms with E-state index < -0.39 is 0 Å². The van der Waals surface area contributed by atoms with E-state index in [2.05, 4.69) is 0 Å². The SMILES string of the molecule is CC(C)(C)N(C(=O)c1ccccc1)c1ccccc1. The number of rotatable bonds is 2. The number of para-hydroxylation sites is 1. The lowest BCUT2D eigenvalue weighted by atomic mass is 10.0. The molecule has 2 nitrogen and oxygen atoms in total. The van der Waals surface area contributed by atoms with Gasteiger partial charge in [0.15, 0.2) is 0 Å². The lowest BCUT2D eigenvalue weighted by Gasteiger charge is -2.35. The van der Waals surface area contributed by atoms with Gasteiger partial charge in [-0.1, -0.05) is 36.4 Å². The van der Waals surface area contributed by atoms with Crippen molar-refractivity contribution in [3.63, 3.8) is 0 Å². The Morgan fingerprint density at radius 1 is 0.842 bits per heavy atom. The number of benzene rings is 2. The minimum absolute atomic E-state index is 0.0271. The van der Waals surface area contributed by atoms with Crippen molar-refractivity contribution in [3.8, 4) is 0 Å². The predicted molar refractivity (Wildman–Crippen MR) is 79.4 cm³/mol. The smallest absolute Gasteiger partial charge is 0.258 e.